The van der Waals surface area contributed by atoms with Gasteiger partial charge in [-0.3, -0.25) is 9.59 Å². The lowest BCUT2D eigenvalue weighted by molar-refractivity contribution is -0.128. The molecule has 162 valence electrons. The van der Waals surface area contributed by atoms with Crippen LogP contribution in [0.3, 0.4) is 0 Å². The minimum Gasteiger partial charge on any atom is -0.347 e. The number of amides is 2. The van der Waals surface area contributed by atoms with Gasteiger partial charge in [0, 0.05) is 24.7 Å². The normalized spacial score (nSPS) is 15.9. The standard InChI is InChI=1S/C21H33N3O4S/c1-5-6-11-29(27,28)24-9-7-18(8-10-24)21(26)22-14-19(25)23-20-16(3)12-15(2)13-17(20)4/h12-13,18H,5-11,14H2,1-4H3,(H,22,26)(H,23,25). The average Bonchev–Trinajstić information content (AvgIpc) is 2.67. The molecule has 0 saturated carbocycles. The number of sulfonamides is 1. The topological polar surface area (TPSA) is 95.6 Å². The molecular formula is C21H33N3O4S. The summed E-state index contributed by atoms with van der Waals surface area (Å²) in [6.45, 7) is 8.47. The van der Waals surface area contributed by atoms with Crippen LogP contribution < -0.4 is 10.6 Å². The van der Waals surface area contributed by atoms with Crippen LogP contribution in [0.15, 0.2) is 12.1 Å². The highest BCUT2D eigenvalue weighted by Gasteiger charge is 2.30. The number of hydrogen-bond acceptors (Lipinski definition) is 4. The Bertz CT molecular complexity index is 820. The molecule has 0 aliphatic carbocycles. The number of carbonyl (C=O) groups excluding carboxylic acids is 2. The molecule has 2 N–H and O–H groups in total. The zero-order valence-corrected chi connectivity index (χ0v) is 18.7. The molecule has 8 heteroatoms. The average molecular weight is 424 g/mol. The Morgan fingerprint density at radius 2 is 1.69 bits per heavy atom. The monoisotopic (exact) mass is 423 g/mol. The Morgan fingerprint density at radius 3 is 2.24 bits per heavy atom. The van der Waals surface area contributed by atoms with Crippen LogP contribution in [0.5, 0.6) is 0 Å². The number of unbranched alkanes of at least 4 members (excludes halogenated alkanes) is 1. The van der Waals surface area contributed by atoms with Gasteiger partial charge in [-0.25, -0.2) is 12.7 Å². The van der Waals surface area contributed by atoms with Crippen LogP contribution in [0.1, 0.15) is 49.3 Å². The van der Waals surface area contributed by atoms with Crippen LogP contribution in [0.2, 0.25) is 0 Å². The van der Waals surface area contributed by atoms with Crippen LogP contribution >= 0.6 is 0 Å². The van der Waals surface area contributed by atoms with Crippen LogP contribution in [-0.2, 0) is 19.6 Å². The predicted octanol–water partition coefficient (Wildman–Crippen LogP) is 2.51. The van der Waals surface area contributed by atoms with Gasteiger partial charge < -0.3 is 10.6 Å². The van der Waals surface area contributed by atoms with Crippen molar-refractivity contribution in [3.63, 3.8) is 0 Å². The Hall–Kier alpha value is -1.93. The van der Waals surface area contributed by atoms with Gasteiger partial charge in [-0.2, -0.15) is 0 Å². The van der Waals surface area contributed by atoms with Crippen LogP contribution in [0.4, 0.5) is 5.69 Å². The van der Waals surface area contributed by atoms with Gasteiger partial charge in [0.1, 0.15) is 0 Å². The second kappa shape index (κ2) is 10.2. The number of hydrogen-bond donors (Lipinski definition) is 2. The molecule has 0 bridgehead atoms. The summed E-state index contributed by atoms with van der Waals surface area (Å²) in [5.74, 6) is -0.558. The van der Waals surface area contributed by atoms with E-state index in [1.807, 2.05) is 39.8 Å². The van der Waals surface area contributed by atoms with Crippen LogP contribution in [0, 0.1) is 26.7 Å². The Kier molecular flexibility index (Phi) is 8.22. The first-order valence-corrected chi connectivity index (χ1v) is 11.9. The molecule has 1 saturated heterocycles. The van der Waals surface area contributed by atoms with E-state index >= 15 is 0 Å². The molecule has 0 radical (unpaired) electrons. The van der Waals surface area contributed by atoms with E-state index in [4.69, 9.17) is 0 Å². The minimum absolute atomic E-state index is 0.0966. The molecule has 1 aliphatic heterocycles. The first kappa shape index (κ1) is 23.3. The second-order valence-corrected chi connectivity index (χ2v) is 9.97. The van der Waals surface area contributed by atoms with E-state index in [0.717, 1.165) is 28.8 Å². The third-order valence-corrected chi connectivity index (χ3v) is 7.30. The largest absolute Gasteiger partial charge is 0.347 e. The Labute approximate surface area is 174 Å². The van der Waals surface area contributed by atoms with Gasteiger partial charge in [0.25, 0.3) is 0 Å². The van der Waals surface area contributed by atoms with Crippen molar-refractivity contribution in [1.29, 1.82) is 0 Å². The van der Waals surface area contributed by atoms with E-state index in [2.05, 4.69) is 10.6 Å². The number of piperidine rings is 1. The van der Waals surface area contributed by atoms with Gasteiger partial charge in [-0.1, -0.05) is 31.0 Å². The minimum atomic E-state index is -3.23. The highest BCUT2D eigenvalue weighted by Crippen LogP contribution is 2.22. The van der Waals surface area contributed by atoms with Gasteiger partial charge in [0.05, 0.1) is 12.3 Å². The van der Waals surface area contributed by atoms with Crippen molar-refractivity contribution in [2.75, 3.05) is 30.7 Å². The van der Waals surface area contributed by atoms with Crippen molar-refractivity contribution >= 4 is 27.5 Å². The number of aryl methyl sites for hydroxylation is 3. The molecule has 29 heavy (non-hydrogen) atoms. The summed E-state index contributed by atoms with van der Waals surface area (Å²) >= 11 is 0. The zero-order valence-electron chi connectivity index (χ0n) is 17.9. The highest BCUT2D eigenvalue weighted by molar-refractivity contribution is 7.89. The molecule has 1 fully saturated rings. The maximum absolute atomic E-state index is 12.4. The number of benzene rings is 1. The molecule has 0 unspecified atom stereocenters. The third-order valence-electron chi connectivity index (χ3n) is 5.34. The number of nitrogens with one attached hydrogen (secondary N) is 2. The molecule has 0 atom stereocenters. The van der Waals surface area contributed by atoms with Crippen molar-refractivity contribution in [3.05, 3.63) is 28.8 Å². The van der Waals surface area contributed by atoms with Gasteiger partial charge in [-0.05, 0) is 51.2 Å². The summed E-state index contributed by atoms with van der Waals surface area (Å²) in [5, 5.41) is 5.56. The summed E-state index contributed by atoms with van der Waals surface area (Å²) in [7, 11) is -3.23. The summed E-state index contributed by atoms with van der Waals surface area (Å²) in [5.41, 5.74) is 3.88. The molecule has 2 amide bonds. The van der Waals surface area contributed by atoms with E-state index in [-0.39, 0.29) is 30.0 Å². The fourth-order valence-electron chi connectivity index (χ4n) is 3.72. The SMILES string of the molecule is CCCCS(=O)(=O)N1CCC(C(=O)NCC(=O)Nc2c(C)cc(C)cc2C)CC1. The number of rotatable bonds is 8. The van der Waals surface area contributed by atoms with E-state index in [1.165, 1.54) is 4.31 Å². The van der Waals surface area contributed by atoms with Crippen molar-refractivity contribution < 1.29 is 18.0 Å². The predicted molar refractivity (Wildman–Crippen MR) is 115 cm³/mol. The van der Waals surface area contributed by atoms with Crippen molar-refractivity contribution in [2.24, 2.45) is 5.92 Å². The summed E-state index contributed by atoms with van der Waals surface area (Å²) in [6.07, 6.45) is 2.45. The maximum Gasteiger partial charge on any atom is 0.243 e. The Balaban J connectivity index is 1.81. The third kappa shape index (κ3) is 6.54. The maximum atomic E-state index is 12.4. The van der Waals surface area contributed by atoms with Crippen molar-refractivity contribution in [3.8, 4) is 0 Å². The summed E-state index contributed by atoms with van der Waals surface area (Å²) in [6, 6.07) is 4.01. The summed E-state index contributed by atoms with van der Waals surface area (Å²) in [4.78, 5) is 24.7. The van der Waals surface area contributed by atoms with E-state index < -0.39 is 10.0 Å². The van der Waals surface area contributed by atoms with E-state index in [9.17, 15) is 18.0 Å². The van der Waals surface area contributed by atoms with Gasteiger partial charge in [-0.15, -0.1) is 0 Å². The molecule has 1 aromatic carbocycles. The number of nitrogens with zero attached hydrogens (tertiary/aromatic N) is 1. The first-order valence-electron chi connectivity index (χ1n) is 10.3. The Morgan fingerprint density at radius 1 is 1.10 bits per heavy atom. The smallest absolute Gasteiger partial charge is 0.243 e. The van der Waals surface area contributed by atoms with E-state index in [1.54, 1.807) is 0 Å². The van der Waals surface area contributed by atoms with Crippen LogP contribution in [-0.4, -0.2) is 49.9 Å². The lowest BCUT2D eigenvalue weighted by Crippen LogP contribution is -2.44. The van der Waals surface area contributed by atoms with Crippen molar-refractivity contribution in [1.82, 2.24) is 9.62 Å². The molecular weight excluding hydrogens is 390 g/mol. The molecule has 7 nitrogen and oxygen atoms in total. The molecule has 1 aromatic rings. The van der Waals surface area contributed by atoms with Gasteiger partial charge in [0.15, 0.2) is 0 Å². The van der Waals surface area contributed by atoms with Crippen LogP contribution in [0.25, 0.3) is 0 Å². The molecule has 1 heterocycles. The van der Waals surface area contributed by atoms with E-state index in [0.29, 0.717) is 32.4 Å². The van der Waals surface area contributed by atoms with Gasteiger partial charge >= 0.3 is 0 Å². The second-order valence-electron chi connectivity index (χ2n) is 7.88. The fourth-order valence-corrected chi connectivity index (χ4v) is 5.40. The molecule has 0 spiro atoms. The lowest BCUT2D eigenvalue weighted by atomic mass is 9.97. The van der Waals surface area contributed by atoms with Gasteiger partial charge in [0.2, 0.25) is 21.8 Å². The summed E-state index contributed by atoms with van der Waals surface area (Å²) < 4.78 is 26.0. The number of anilines is 1. The first-order chi connectivity index (χ1) is 13.6. The number of carbonyl (C=O) groups is 2. The zero-order chi connectivity index (χ0) is 21.6. The molecule has 0 aromatic heterocycles. The molecule has 1 aliphatic rings. The highest BCUT2D eigenvalue weighted by atomic mass is 32.2. The molecule has 2 rings (SSSR count). The quantitative estimate of drug-likeness (QED) is 0.672. The fraction of sp³-hybridized carbons (Fsp3) is 0.619. The lowest BCUT2D eigenvalue weighted by Gasteiger charge is -2.30. The van der Waals surface area contributed by atoms with Crippen molar-refractivity contribution in [2.45, 2.75) is 53.4 Å².